The van der Waals surface area contributed by atoms with Gasteiger partial charge in [-0.3, -0.25) is 4.98 Å². The van der Waals surface area contributed by atoms with E-state index in [4.69, 9.17) is 5.73 Å². The van der Waals surface area contributed by atoms with Crippen molar-refractivity contribution in [3.63, 3.8) is 0 Å². The summed E-state index contributed by atoms with van der Waals surface area (Å²) in [5.74, 6) is 0.640. The Morgan fingerprint density at radius 3 is 2.86 bits per heavy atom. The average Bonchev–Trinajstić information content (AvgIpc) is 2.47. The molecule has 0 spiro atoms. The molecule has 0 atom stereocenters. The smallest absolute Gasteiger partial charge is 0.137 e. The van der Waals surface area contributed by atoms with E-state index in [2.05, 4.69) is 9.97 Å². The predicted molar refractivity (Wildman–Crippen MR) is 58.3 cm³/mol. The molecule has 2 aromatic rings. The second-order valence-electron chi connectivity index (χ2n) is 3.05. The van der Waals surface area contributed by atoms with E-state index in [1.54, 1.807) is 17.5 Å². The quantitative estimate of drug-likeness (QED) is 0.816. The molecule has 0 aliphatic heterocycles. The maximum absolute atomic E-state index is 5.67. The zero-order valence-corrected chi connectivity index (χ0v) is 8.71. The second kappa shape index (κ2) is 3.75. The van der Waals surface area contributed by atoms with Crippen LogP contribution in [0.4, 0.5) is 5.82 Å². The number of hydrogen-bond acceptors (Lipinski definition) is 4. The van der Waals surface area contributed by atoms with Gasteiger partial charge >= 0.3 is 0 Å². The Hall–Kier alpha value is -1.42. The van der Waals surface area contributed by atoms with Crippen LogP contribution in [0.2, 0.25) is 0 Å². The average molecular weight is 205 g/mol. The third-order valence-corrected chi connectivity index (χ3v) is 2.92. The van der Waals surface area contributed by atoms with Gasteiger partial charge in [-0.15, -0.1) is 11.3 Å². The number of rotatable bonds is 2. The molecular weight excluding hydrogens is 194 g/mol. The fraction of sp³-hybridized carbons (Fsp3) is 0.200. The van der Waals surface area contributed by atoms with Crippen molar-refractivity contribution in [2.45, 2.75) is 13.3 Å². The van der Waals surface area contributed by atoms with Crippen molar-refractivity contribution in [3.8, 4) is 0 Å². The molecule has 0 bridgehead atoms. The van der Waals surface area contributed by atoms with E-state index >= 15 is 0 Å². The summed E-state index contributed by atoms with van der Waals surface area (Å²) < 4.78 is 0. The molecule has 2 N–H and O–H groups in total. The third-order valence-electron chi connectivity index (χ3n) is 1.94. The molecule has 0 aromatic carbocycles. The van der Waals surface area contributed by atoms with Gasteiger partial charge in [-0.2, -0.15) is 0 Å². The minimum atomic E-state index is 0.640. The lowest BCUT2D eigenvalue weighted by molar-refractivity contribution is 1.05. The minimum absolute atomic E-state index is 0.640. The highest BCUT2D eigenvalue weighted by molar-refractivity contribution is 7.12. The Balaban J connectivity index is 2.19. The van der Waals surface area contributed by atoms with E-state index in [1.165, 1.54) is 0 Å². The van der Waals surface area contributed by atoms with Gasteiger partial charge in [0.2, 0.25) is 0 Å². The van der Waals surface area contributed by atoms with Crippen molar-refractivity contribution in [1.29, 1.82) is 0 Å². The van der Waals surface area contributed by atoms with Gasteiger partial charge in [0.1, 0.15) is 10.8 Å². The van der Waals surface area contributed by atoms with Gasteiger partial charge in [-0.1, -0.05) is 6.07 Å². The first-order valence-electron chi connectivity index (χ1n) is 4.37. The second-order valence-corrected chi connectivity index (χ2v) is 4.33. The van der Waals surface area contributed by atoms with Gasteiger partial charge in [0.05, 0.1) is 0 Å². The highest BCUT2D eigenvalue weighted by atomic mass is 32.1. The molecular formula is C10H11N3S. The lowest BCUT2D eigenvalue weighted by atomic mass is 10.3. The Morgan fingerprint density at radius 2 is 2.29 bits per heavy atom. The van der Waals surface area contributed by atoms with E-state index in [1.807, 2.05) is 25.1 Å². The van der Waals surface area contributed by atoms with Crippen LogP contribution in [-0.4, -0.2) is 9.97 Å². The summed E-state index contributed by atoms with van der Waals surface area (Å²) in [6.07, 6.45) is 2.56. The van der Waals surface area contributed by atoms with Crippen molar-refractivity contribution in [3.05, 3.63) is 40.0 Å². The molecule has 0 fully saturated rings. The van der Waals surface area contributed by atoms with Crippen LogP contribution in [0.3, 0.4) is 0 Å². The summed E-state index contributed by atoms with van der Waals surface area (Å²) in [5, 5.41) is 1.03. The van der Waals surface area contributed by atoms with E-state index < -0.39 is 0 Å². The molecule has 2 aromatic heterocycles. The van der Waals surface area contributed by atoms with Gasteiger partial charge in [0, 0.05) is 23.2 Å². The maximum Gasteiger partial charge on any atom is 0.137 e. The van der Waals surface area contributed by atoms with Crippen molar-refractivity contribution in [2.24, 2.45) is 0 Å². The van der Waals surface area contributed by atoms with Crippen molar-refractivity contribution in [1.82, 2.24) is 9.97 Å². The zero-order valence-electron chi connectivity index (χ0n) is 7.90. The van der Waals surface area contributed by atoms with E-state index in [9.17, 15) is 0 Å². The number of nitrogen functional groups attached to an aromatic ring is 1. The lowest BCUT2D eigenvalue weighted by Gasteiger charge is -1.94. The molecule has 4 heteroatoms. The van der Waals surface area contributed by atoms with Gasteiger partial charge in [-0.05, 0) is 19.1 Å². The van der Waals surface area contributed by atoms with Crippen LogP contribution < -0.4 is 5.73 Å². The molecule has 0 aliphatic carbocycles. The Bertz CT molecular complexity index is 403. The molecule has 0 unspecified atom stereocenters. The SMILES string of the molecule is Cc1sc(Cc2ccccn2)nc1N. The first kappa shape index (κ1) is 9.15. The van der Waals surface area contributed by atoms with Crippen LogP contribution in [0.25, 0.3) is 0 Å². The van der Waals surface area contributed by atoms with Crippen LogP contribution in [0.5, 0.6) is 0 Å². The number of nitrogens with two attached hydrogens (primary N) is 1. The molecule has 0 aliphatic rings. The number of hydrogen-bond donors (Lipinski definition) is 1. The van der Waals surface area contributed by atoms with Crippen molar-refractivity contribution < 1.29 is 0 Å². The molecule has 2 rings (SSSR count). The van der Waals surface area contributed by atoms with E-state index in [0.717, 1.165) is 22.0 Å². The monoisotopic (exact) mass is 205 g/mol. The van der Waals surface area contributed by atoms with Crippen LogP contribution in [0.1, 0.15) is 15.6 Å². The van der Waals surface area contributed by atoms with E-state index in [-0.39, 0.29) is 0 Å². The molecule has 0 amide bonds. The van der Waals surface area contributed by atoms with Crippen molar-refractivity contribution in [2.75, 3.05) is 5.73 Å². The first-order valence-corrected chi connectivity index (χ1v) is 5.19. The van der Waals surface area contributed by atoms with Crippen LogP contribution in [-0.2, 0) is 6.42 Å². The fourth-order valence-electron chi connectivity index (χ4n) is 1.20. The first-order chi connectivity index (χ1) is 6.75. The van der Waals surface area contributed by atoms with Gasteiger partial charge < -0.3 is 5.73 Å². The summed E-state index contributed by atoms with van der Waals surface area (Å²) in [6.45, 7) is 1.98. The van der Waals surface area contributed by atoms with Gasteiger partial charge in [0.25, 0.3) is 0 Å². The molecule has 0 saturated heterocycles. The largest absolute Gasteiger partial charge is 0.383 e. The number of thiazole rings is 1. The number of nitrogens with zero attached hydrogens (tertiary/aromatic N) is 2. The Morgan fingerprint density at radius 1 is 1.43 bits per heavy atom. The number of aryl methyl sites for hydroxylation is 1. The van der Waals surface area contributed by atoms with Gasteiger partial charge in [0.15, 0.2) is 0 Å². The fourth-order valence-corrected chi connectivity index (χ4v) is 2.07. The highest BCUT2D eigenvalue weighted by Crippen LogP contribution is 2.20. The summed E-state index contributed by atoms with van der Waals surface area (Å²) in [5.41, 5.74) is 6.70. The third kappa shape index (κ3) is 1.90. The number of aromatic nitrogens is 2. The number of anilines is 1. The summed E-state index contributed by atoms with van der Waals surface area (Å²) >= 11 is 1.63. The summed E-state index contributed by atoms with van der Waals surface area (Å²) in [4.78, 5) is 9.58. The molecule has 0 saturated carbocycles. The number of pyridine rings is 1. The van der Waals surface area contributed by atoms with Crippen LogP contribution >= 0.6 is 11.3 Å². The highest BCUT2D eigenvalue weighted by Gasteiger charge is 2.05. The lowest BCUT2D eigenvalue weighted by Crippen LogP contribution is -1.91. The predicted octanol–water partition coefficient (Wildman–Crippen LogP) is 2.02. The molecule has 2 heterocycles. The van der Waals surface area contributed by atoms with Crippen molar-refractivity contribution >= 4 is 17.2 Å². The molecule has 0 radical (unpaired) electrons. The normalized spacial score (nSPS) is 10.4. The maximum atomic E-state index is 5.67. The van der Waals surface area contributed by atoms with E-state index in [0.29, 0.717) is 5.82 Å². The minimum Gasteiger partial charge on any atom is -0.383 e. The summed E-state index contributed by atoms with van der Waals surface area (Å²) in [7, 11) is 0. The zero-order chi connectivity index (χ0) is 9.97. The van der Waals surface area contributed by atoms with Crippen LogP contribution in [0.15, 0.2) is 24.4 Å². The summed E-state index contributed by atoms with van der Waals surface area (Å²) in [6, 6.07) is 5.88. The Kier molecular flexibility index (Phi) is 2.45. The van der Waals surface area contributed by atoms with Gasteiger partial charge in [-0.25, -0.2) is 4.98 Å². The topological polar surface area (TPSA) is 51.8 Å². The molecule has 14 heavy (non-hydrogen) atoms. The molecule has 72 valence electrons. The van der Waals surface area contributed by atoms with Crippen LogP contribution in [0, 0.1) is 6.92 Å². The Labute approximate surface area is 86.6 Å². The standard InChI is InChI=1S/C10H11N3S/c1-7-10(11)13-9(14-7)6-8-4-2-3-5-12-8/h2-5H,6,11H2,1H3. The molecule has 3 nitrogen and oxygen atoms in total.